The van der Waals surface area contributed by atoms with Gasteiger partial charge in [0.1, 0.15) is 12.4 Å². The summed E-state index contributed by atoms with van der Waals surface area (Å²) in [5.74, 6) is -0.474. The quantitative estimate of drug-likeness (QED) is 0.791. The Kier molecular flexibility index (Phi) is 5.09. The maximum Gasteiger partial charge on any atom is 0.335 e. The molecule has 0 radical (unpaired) electrons. The fourth-order valence-corrected chi connectivity index (χ4v) is 3.80. The van der Waals surface area contributed by atoms with Crippen LogP contribution in [0.5, 0.6) is 5.75 Å². The first-order chi connectivity index (χ1) is 9.41. The minimum Gasteiger partial charge on any atom is -0.488 e. The zero-order valence-electron chi connectivity index (χ0n) is 10.9. The van der Waals surface area contributed by atoms with E-state index in [0.717, 1.165) is 32.1 Å². The normalized spacial score (nSPS) is 17.8. The van der Waals surface area contributed by atoms with Crippen LogP contribution in [0, 0.1) is 0 Å². The number of aliphatic hydroxyl groups is 1. The van der Waals surface area contributed by atoms with Crippen molar-refractivity contribution in [2.75, 3.05) is 6.61 Å². The molecule has 0 bridgehead atoms. The average Bonchev–Trinajstić information content (AvgIpc) is 2.38. The van der Waals surface area contributed by atoms with E-state index in [4.69, 9.17) is 9.84 Å². The SMILES string of the molecule is O=C(O)c1cc(Br)c(OCC2(O)CCCCC2)c(Br)c1. The van der Waals surface area contributed by atoms with Gasteiger partial charge in [-0.3, -0.25) is 0 Å². The first-order valence-electron chi connectivity index (χ1n) is 6.49. The van der Waals surface area contributed by atoms with Gasteiger partial charge in [-0.05, 0) is 56.8 Å². The third-order valence-corrected chi connectivity index (χ3v) is 4.69. The van der Waals surface area contributed by atoms with Crippen LogP contribution in [-0.2, 0) is 0 Å². The molecule has 1 aromatic carbocycles. The van der Waals surface area contributed by atoms with Crippen molar-refractivity contribution in [3.63, 3.8) is 0 Å². The number of rotatable bonds is 4. The van der Waals surface area contributed by atoms with Crippen LogP contribution >= 0.6 is 31.9 Å². The number of hydrogen-bond donors (Lipinski definition) is 2. The molecule has 0 aliphatic heterocycles. The molecule has 110 valence electrons. The molecule has 0 saturated heterocycles. The number of hydrogen-bond acceptors (Lipinski definition) is 3. The van der Waals surface area contributed by atoms with E-state index in [2.05, 4.69) is 31.9 Å². The number of ether oxygens (including phenoxy) is 1. The van der Waals surface area contributed by atoms with Gasteiger partial charge in [0.05, 0.1) is 20.1 Å². The van der Waals surface area contributed by atoms with Crippen LogP contribution in [0.4, 0.5) is 0 Å². The highest BCUT2D eigenvalue weighted by Gasteiger charge is 2.30. The molecule has 1 aromatic rings. The molecule has 4 nitrogen and oxygen atoms in total. The Morgan fingerprint density at radius 3 is 2.25 bits per heavy atom. The van der Waals surface area contributed by atoms with Crippen LogP contribution in [0.15, 0.2) is 21.1 Å². The van der Waals surface area contributed by atoms with E-state index in [1.807, 2.05) is 0 Å². The molecule has 0 heterocycles. The fourth-order valence-electron chi connectivity index (χ4n) is 2.38. The molecular formula is C14H16Br2O4. The molecule has 1 aliphatic carbocycles. The van der Waals surface area contributed by atoms with Crippen molar-refractivity contribution < 1.29 is 19.7 Å². The zero-order chi connectivity index (χ0) is 14.8. The lowest BCUT2D eigenvalue weighted by Gasteiger charge is -2.32. The van der Waals surface area contributed by atoms with Crippen molar-refractivity contribution in [1.29, 1.82) is 0 Å². The van der Waals surface area contributed by atoms with E-state index in [9.17, 15) is 9.90 Å². The summed E-state index contributed by atoms with van der Waals surface area (Å²) < 4.78 is 6.83. The van der Waals surface area contributed by atoms with Crippen LogP contribution in [0.2, 0.25) is 0 Å². The third-order valence-electron chi connectivity index (χ3n) is 3.51. The molecule has 2 rings (SSSR count). The number of benzene rings is 1. The van der Waals surface area contributed by atoms with Crippen LogP contribution in [0.3, 0.4) is 0 Å². The van der Waals surface area contributed by atoms with Crippen molar-refractivity contribution in [2.24, 2.45) is 0 Å². The van der Waals surface area contributed by atoms with Crippen LogP contribution < -0.4 is 4.74 Å². The second-order valence-electron chi connectivity index (χ2n) is 5.15. The van der Waals surface area contributed by atoms with Crippen LogP contribution in [-0.4, -0.2) is 28.4 Å². The summed E-state index contributed by atoms with van der Waals surface area (Å²) in [5, 5.41) is 19.4. The highest BCUT2D eigenvalue weighted by molar-refractivity contribution is 9.11. The Hall–Kier alpha value is -0.590. The van der Waals surface area contributed by atoms with Crippen molar-refractivity contribution >= 4 is 37.8 Å². The van der Waals surface area contributed by atoms with Gasteiger partial charge in [0.15, 0.2) is 0 Å². The first-order valence-corrected chi connectivity index (χ1v) is 8.07. The smallest absolute Gasteiger partial charge is 0.335 e. The van der Waals surface area contributed by atoms with E-state index in [-0.39, 0.29) is 12.2 Å². The molecule has 0 aromatic heterocycles. The van der Waals surface area contributed by atoms with Gasteiger partial charge in [-0.1, -0.05) is 19.3 Å². The minimum atomic E-state index is -0.996. The summed E-state index contributed by atoms with van der Waals surface area (Å²) in [6, 6.07) is 2.99. The number of carboxylic acids is 1. The summed E-state index contributed by atoms with van der Waals surface area (Å²) in [6.45, 7) is 0.219. The Labute approximate surface area is 134 Å². The highest BCUT2D eigenvalue weighted by Crippen LogP contribution is 2.36. The third kappa shape index (κ3) is 3.74. The van der Waals surface area contributed by atoms with Crippen LogP contribution in [0.25, 0.3) is 0 Å². The van der Waals surface area contributed by atoms with Crippen molar-refractivity contribution in [1.82, 2.24) is 0 Å². The van der Waals surface area contributed by atoms with E-state index in [1.165, 1.54) is 12.1 Å². The van der Waals surface area contributed by atoms with Crippen molar-refractivity contribution in [3.8, 4) is 5.75 Å². The molecule has 0 unspecified atom stereocenters. The van der Waals surface area contributed by atoms with E-state index >= 15 is 0 Å². The van der Waals surface area contributed by atoms with Gasteiger partial charge >= 0.3 is 5.97 Å². The standard InChI is InChI=1S/C14H16Br2O4/c15-10-6-9(13(17)18)7-11(16)12(10)20-8-14(19)4-2-1-3-5-14/h6-7,19H,1-5,8H2,(H,17,18). The predicted molar refractivity (Wildman–Crippen MR) is 82.3 cm³/mol. The molecule has 1 fully saturated rings. The first kappa shape index (κ1) is 15.8. The lowest BCUT2D eigenvalue weighted by atomic mass is 9.85. The second-order valence-corrected chi connectivity index (χ2v) is 6.86. The molecule has 0 spiro atoms. The highest BCUT2D eigenvalue weighted by atomic mass is 79.9. The van der Waals surface area contributed by atoms with Gasteiger partial charge in [0.25, 0.3) is 0 Å². The monoisotopic (exact) mass is 406 g/mol. The summed E-state index contributed by atoms with van der Waals surface area (Å²) >= 11 is 6.62. The Morgan fingerprint density at radius 2 is 1.75 bits per heavy atom. The number of aromatic carboxylic acids is 1. The lowest BCUT2D eigenvalue weighted by molar-refractivity contribution is -0.0342. The van der Waals surface area contributed by atoms with Crippen molar-refractivity contribution in [3.05, 3.63) is 26.6 Å². The molecule has 0 amide bonds. The summed E-state index contributed by atoms with van der Waals surface area (Å²) in [4.78, 5) is 11.0. The molecule has 6 heteroatoms. The predicted octanol–water partition coefficient (Wildman–Crippen LogP) is 3.98. The van der Waals surface area contributed by atoms with Gasteiger partial charge in [-0.25, -0.2) is 4.79 Å². The summed E-state index contributed by atoms with van der Waals surface area (Å²) in [5.41, 5.74) is -0.602. The van der Waals surface area contributed by atoms with Crippen LogP contribution in [0.1, 0.15) is 42.5 Å². The average molecular weight is 408 g/mol. The number of carbonyl (C=O) groups is 1. The Bertz CT molecular complexity index is 487. The number of carboxylic acid groups (broad SMARTS) is 1. The van der Waals surface area contributed by atoms with E-state index < -0.39 is 11.6 Å². The fraction of sp³-hybridized carbons (Fsp3) is 0.500. The molecule has 0 atom stereocenters. The van der Waals surface area contributed by atoms with E-state index in [0.29, 0.717) is 14.7 Å². The zero-order valence-corrected chi connectivity index (χ0v) is 14.0. The minimum absolute atomic E-state index is 0.174. The number of halogens is 2. The maximum atomic E-state index is 11.0. The Balaban J connectivity index is 2.11. The maximum absolute atomic E-state index is 11.0. The van der Waals surface area contributed by atoms with Gasteiger partial charge in [-0.2, -0.15) is 0 Å². The summed E-state index contributed by atoms with van der Waals surface area (Å²) in [6.07, 6.45) is 4.67. The van der Waals surface area contributed by atoms with Gasteiger partial charge in [0, 0.05) is 0 Å². The van der Waals surface area contributed by atoms with Gasteiger partial charge in [-0.15, -0.1) is 0 Å². The van der Waals surface area contributed by atoms with Gasteiger partial charge < -0.3 is 14.9 Å². The lowest BCUT2D eigenvalue weighted by Crippen LogP contribution is -2.38. The van der Waals surface area contributed by atoms with Crippen molar-refractivity contribution in [2.45, 2.75) is 37.7 Å². The largest absolute Gasteiger partial charge is 0.488 e. The molecule has 1 saturated carbocycles. The summed E-state index contributed by atoms with van der Waals surface area (Å²) in [7, 11) is 0. The Morgan fingerprint density at radius 1 is 1.20 bits per heavy atom. The van der Waals surface area contributed by atoms with Gasteiger partial charge in [0.2, 0.25) is 0 Å². The molecule has 1 aliphatic rings. The topological polar surface area (TPSA) is 66.8 Å². The molecule has 2 N–H and O–H groups in total. The van der Waals surface area contributed by atoms with E-state index in [1.54, 1.807) is 0 Å². The molecule has 20 heavy (non-hydrogen) atoms. The second kappa shape index (κ2) is 6.45. The molecular weight excluding hydrogens is 392 g/mol.